The third-order valence-corrected chi connectivity index (χ3v) is 5.98. The number of ether oxygens (including phenoxy) is 1. The SMILES string of the molecule is COC(=O)c1ccc(S(=O)(=O)N(Cc2cccnc2)C(C(=O)O)C(C)C)cc1. The summed E-state index contributed by atoms with van der Waals surface area (Å²) in [6.45, 7) is 3.14. The van der Waals surface area contributed by atoms with Gasteiger partial charge < -0.3 is 9.84 Å². The van der Waals surface area contributed by atoms with Gasteiger partial charge in [-0.05, 0) is 41.8 Å². The van der Waals surface area contributed by atoms with E-state index in [0.29, 0.717) is 5.56 Å². The summed E-state index contributed by atoms with van der Waals surface area (Å²) in [4.78, 5) is 27.3. The van der Waals surface area contributed by atoms with Crippen molar-refractivity contribution in [3.8, 4) is 0 Å². The van der Waals surface area contributed by atoms with E-state index in [-0.39, 0.29) is 17.0 Å². The number of carboxylic acids is 1. The van der Waals surface area contributed by atoms with Crippen molar-refractivity contribution in [2.24, 2.45) is 5.92 Å². The molecule has 9 heteroatoms. The molecule has 0 saturated heterocycles. The van der Waals surface area contributed by atoms with Gasteiger partial charge in [0.25, 0.3) is 0 Å². The van der Waals surface area contributed by atoms with Gasteiger partial charge in [0.05, 0.1) is 17.6 Å². The molecule has 1 heterocycles. The number of pyridine rings is 1. The standard InChI is InChI=1S/C19H22N2O6S/c1-13(2)17(18(22)23)21(12-14-5-4-10-20-11-14)28(25,26)16-8-6-15(7-9-16)19(24)27-3/h4-11,13,17H,12H2,1-3H3,(H,22,23). The summed E-state index contributed by atoms with van der Waals surface area (Å²) in [5.41, 5.74) is 0.753. The van der Waals surface area contributed by atoms with Gasteiger partial charge >= 0.3 is 11.9 Å². The van der Waals surface area contributed by atoms with Crippen LogP contribution >= 0.6 is 0 Å². The van der Waals surface area contributed by atoms with Crippen LogP contribution in [-0.4, -0.2) is 47.9 Å². The molecule has 0 saturated carbocycles. The molecule has 2 rings (SSSR count). The first kappa shape index (κ1) is 21.5. The van der Waals surface area contributed by atoms with Crippen LogP contribution in [-0.2, 0) is 26.1 Å². The number of methoxy groups -OCH3 is 1. The highest BCUT2D eigenvalue weighted by atomic mass is 32.2. The second-order valence-corrected chi connectivity index (χ2v) is 8.35. The van der Waals surface area contributed by atoms with Gasteiger partial charge in [0.2, 0.25) is 10.0 Å². The van der Waals surface area contributed by atoms with Crippen LogP contribution < -0.4 is 0 Å². The molecule has 2 aromatic rings. The van der Waals surface area contributed by atoms with Crippen molar-refractivity contribution in [2.75, 3.05) is 7.11 Å². The maximum absolute atomic E-state index is 13.3. The summed E-state index contributed by atoms with van der Waals surface area (Å²) >= 11 is 0. The van der Waals surface area contributed by atoms with Gasteiger partial charge in [-0.1, -0.05) is 19.9 Å². The molecule has 0 aliphatic carbocycles. The lowest BCUT2D eigenvalue weighted by molar-refractivity contribution is -0.143. The Balaban J connectivity index is 2.50. The third-order valence-electron chi connectivity index (χ3n) is 4.14. The number of nitrogens with zero attached hydrogens (tertiary/aromatic N) is 2. The highest BCUT2D eigenvalue weighted by Gasteiger charge is 2.38. The maximum Gasteiger partial charge on any atom is 0.337 e. The Hall–Kier alpha value is -2.78. The molecule has 8 nitrogen and oxygen atoms in total. The second kappa shape index (κ2) is 8.94. The number of aliphatic carboxylic acids is 1. The van der Waals surface area contributed by atoms with Crippen LogP contribution in [0, 0.1) is 5.92 Å². The number of carbonyl (C=O) groups excluding carboxylic acids is 1. The van der Waals surface area contributed by atoms with Crippen molar-refractivity contribution in [1.29, 1.82) is 0 Å². The number of aromatic nitrogens is 1. The number of hydrogen-bond donors (Lipinski definition) is 1. The first-order valence-corrected chi connectivity index (χ1v) is 9.94. The van der Waals surface area contributed by atoms with E-state index < -0.39 is 33.9 Å². The number of carbonyl (C=O) groups is 2. The molecule has 0 bridgehead atoms. The van der Waals surface area contributed by atoms with Crippen LogP contribution in [0.25, 0.3) is 0 Å². The Morgan fingerprint density at radius 1 is 1.18 bits per heavy atom. The average Bonchev–Trinajstić information content (AvgIpc) is 2.67. The van der Waals surface area contributed by atoms with Crippen molar-refractivity contribution in [1.82, 2.24) is 9.29 Å². The lowest BCUT2D eigenvalue weighted by Crippen LogP contribution is -2.47. The van der Waals surface area contributed by atoms with E-state index in [1.54, 1.807) is 32.2 Å². The van der Waals surface area contributed by atoms with E-state index in [0.717, 1.165) is 4.31 Å². The molecular formula is C19H22N2O6S. The molecule has 1 atom stereocenters. The van der Waals surface area contributed by atoms with E-state index in [1.807, 2.05) is 0 Å². The highest BCUT2D eigenvalue weighted by Crippen LogP contribution is 2.25. The number of carboxylic acid groups (broad SMARTS) is 1. The molecule has 1 aromatic carbocycles. The highest BCUT2D eigenvalue weighted by molar-refractivity contribution is 7.89. The summed E-state index contributed by atoms with van der Waals surface area (Å²) in [5.74, 6) is -2.31. The molecule has 1 aromatic heterocycles. The van der Waals surface area contributed by atoms with Gasteiger partial charge in [-0.2, -0.15) is 4.31 Å². The van der Waals surface area contributed by atoms with Crippen LogP contribution in [0.3, 0.4) is 0 Å². The van der Waals surface area contributed by atoms with Gasteiger partial charge in [-0.15, -0.1) is 0 Å². The Morgan fingerprint density at radius 2 is 1.82 bits per heavy atom. The number of benzene rings is 1. The van der Waals surface area contributed by atoms with Crippen molar-refractivity contribution >= 4 is 22.0 Å². The Kier molecular flexibility index (Phi) is 6.87. The zero-order valence-electron chi connectivity index (χ0n) is 15.8. The minimum absolute atomic E-state index is 0.115. The van der Waals surface area contributed by atoms with Gasteiger partial charge in [-0.3, -0.25) is 9.78 Å². The van der Waals surface area contributed by atoms with Crippen molar-refractivity contribution in [3.63, 3.8) is 0 Å². The fourth-order valence-electron chi connectivity index (χ4n) is 2.76. The van der Waals surface area contributed by atoms with Gasteiger partial charge in [0, 0.05) is 18.9 Å². The smallest absolute Gasteiger partial charge is 0.337 e. The monoisotopic (exact) mass is 406 g/mol. The number of rotatable bonds is 8. The van der Waals surface area contributed by atoms with Gasteiger partial charge in [0.1, 0.15) is 6.04 Å². The molecule has 0 amide bonds. The zero-order chi connectivity index (χ0) is 20.9. The van der Waals surface area contributed by atoms with E-state index >= 15 is 0 Å². The molecule has 0 aliphatic heterocycles. The normalized spacial score (nSPS) is 12.8. The first-order valence-electron chi connectivity index (χ1n) is 8.50. The number of esters is 1. The fourth-order valence-corrected chi connectivity index (χ4v) is 4.46. The Labute approximate surface area is 163 Å². The largest absolute Gasteiger partial charge is 0.480 e. The molecule has 28 heavy (non-hydrogen) atoms. The topological polar surface area (TPSA) is 114 Å². The fraction of sp³-hybridized carbons (Fsp3) is 0.316. The lowest BCUT2D eigenvalue weighted by atomic mass is 10.0. The molecule has 1 unspecified atom stereocenters. The molecular weight excluding hydrogens is 384 g/mol. The third kappa shape index (κ3) is 4.73. The molecule has 150 valence electrons. The van der Waals surface area contributed by atoms with Gasteiger partial charge in [-0.25, -0.2) is 13.2 Å². The molecule has 0 spiro atoms. The van der Waals surface area contributed by atoms with E-state index in [1.165, 1.54) is 37.6 Å². The number of hydrogen-bond acceptors (Lipinski definition) is 6. The van der Waals surface area contributed by atoms with Crippen molar-refractivity contribution in [2.45, 2.75) is 31.3 Å². The summed E-state index contributed by atoms with van der Waals surface area (Å²) in [6, 6.07) is 7.23. The Bertz CT molecular complexity index is 927. The summed E-state index contributed by atoms with van der Waals surface area (Å²) in [6.07, 6.45) is 3.03. The van der Waals surface area contributed by atoms with Crippen molar-refractivity contribution in [3.05, 3.63) is 59.9 Å². The van der Waals surface area contributed by atoms with E-state index in [9.17, 15) is 23.1 Å². The average molecular weight is 406 g/mol. The summed E-state index contributed by atoms with van der Waals surface area (Å²) in [7, 11) is -2.94. The predicted molar refractivity (Wildman–Crippen MR) is 101 cm³/mol. The van der Waals surface area contributed by atoms with E-state index in [2.05, 4.69) is 9.72 Å². The molecule has 0 fully saturated rings. The van der Waals surface area contributed by atoms with Crippen LogP contribution in [0.15, 0.2) is 53.7 Å². The summed E-state index contributed by atoms with van der Waals surface area (Å²) < 4.78 is 32.1. The Morgan fingerprint density at radius 3 is 2.29 bits per heavy atom. The quantitative estimate of drug-likeness (QED) is 0.668. The van der Waals surface area contributed by atoms with Gasteiger partial charge in [0.15, 0.2) is 0 Å². The minimum Gasteiger partial charge on any atom is -0.480 e. The first-order chi connectivity index (χ1) is 13.2. The zero-order valence-corrected chi connectivity index (χ0v) is 16.6. The van der Waals surface area contributed by atoms with E-state index in [4.69, 9.17) is 0 Å². The van der Waals surface area contributed by atoms with Crippen LogP contribution in [0.4, 0.5) is 0 Å². The minimum atomic E-state index is -4.17. The molecule has 1 N–H and O–H groups in total. The van der Waals surface area contributed by atoms with Crippen LogP contribution in [0.1, 0.15) is 29.8 Å². The van der Waals surface area contributed by atoms with Crippen LogP contribution in [0.5, 0.6) is 0 Å². The predicted octanol–water partition coefficient (Wildman–Crippen LogP) is 2.17. The van der Waals surface area contributed by atoms with Crippen LogP contribution in [0.2, 0.25) is 0 Å². The second-order valence-electron chi connectivity index (χ2n) is 6.45. The van der Waals surface area contributed by atoms with Crippen molar-refractivity contribution < 1.29 is 27.9 Å². The summed E-state index contributed by atoms with van der Waals surface area (Å²) in [5, 5.41) is 9.67. The molecule has 0 aliphatic rings. The maximum atomic E-state index is 13.3. The lowest BCUT2D eigenvalue weighted by Gasteiger charge is -2.30. The number of sulfonamides is 1. The molecule has 0 radical (unpaired) electrons.